The second kappa shape index (κ2) is 14.1. The number of hydrogen-bond acceptors (Lipinski definition) is 8. The molecule has 0 radical (unpaired) electrons. The van der Waals surface area contributed by atoms with Crippen molar-refractivity contribution in [3.8, 4) is 22.9 Å². The average Bonchev–Trinajstić information content (AvgIpc) is 3.41. The van der Waals surface area contributed by atoms with E-state index < -0.39 is 6.10 Å². The van der Waals surface area contributed by atoms with Gasteiger partial charge >= 0.3 is 0 Å². The summed E-state index contributed by atoms with van der Waals surface area (Å²) in [5.74, 6) is 1.22. The first-order chi connectivity index (χ1) is 18.9. The van der Waals surface area contributed by atoms with Crippen molar-refractivity contribution in [2.24, 2.45) is 0 Å². The minimum Gasteiger partial charge on any atom is -0.491 e. The molecule has 1 aliphatic rings. The molecule has 0 aliphatic heterocycles. The number of nitrogens with zero attached hydrogens (tertiary/aromatic N) is 3. The lowest BCUT2D eigenvalue weighted by atomic mass is 9.85. The maximum atomic E-state index is 10.9. The molecule has 39 heavy (non-hydrogen) atoms. The Morgan fingerprint density at radius 3 is 2.77 bits per heavy atom. The summed E-state index contributed by atoms with van der Waals surface area (Å²) >= 11 is 9.15. The van der Waals surface area contributed by atoms with Crippen LogP contribution in [0.4, 0.5) is 0 Å². The van der Waals surface area contributed by atoms with E-state index in [0.29, 0.717) is 28.5 Å². The molecule has 0 amide bonds. The molecule has 4 rings (SSSR count). The highest BCUT2D eigenvalue weighted by molar-refractivity contribution is 7.98. The molecule has 0 saturated heterocycles. The second-order valence-corrected chi connectivity index (χ2v) is 11.7. The predicted molar refractivity (Wildman–Crippen MR) is 159 cm³/mol. The molecule has 204 valence electrons. The monoisotopic (exact) mass is 581 g/mol. The molecular formula is C30H32ClN3O3S2. The minimum absolute atomic E-state index is 0.0637. The first kappa shape index (κ1) is 29.3. The zero-order valence-corrected chi connectivity index (χ0v) is 24.5. The fourth-order valence-electron chi connectivity index (χ4n) is 4.58. The van der Waals surface area contributed by atoms with Gasteiger partial charge in [0.2, 0.25) is 0 Å². The number of thioether (sulfide) groups is 1. The van der Waals surface area contributed by atoms with Gasteiger partial charge in [-0.25, -0.2) is 9.97 Å². The van der Waals surface area contributed by atoms with Crippen molar-refractivity contribution in [3.05, 3.63) is 74.4 Å². The van der Waals surface area contributed by atoms with E-state index in [2.05, 4.69) is 18.4 Å². The number of halogens is 1. The minimum atomic E-state index is -0.664. The van der Waals surface area contributed by atoms with Gasteiger partial charge in [0, 0.05) is 33.0 Å². The Hall–Kier alpha value is -2.67. The van der Waals surface area contributed by atoms with E-state index >= 15 is 0 Å². The van der Waals surface area contributed by atoms with E-state index in [4.69, 9.17) is 31.4 Å². The number of aryl methyl sites for hydroxylation is 1. The van der Waals surface area contributed by atoms with Crippen LogP contribution in [0.15, 0.2) is 51.9 Å². The largest absolute Gasteiger partial charge is 0.491 e. The number of aliphatic hydroxyl groups is 2. The average molecular weight is 582 g/mol. The van der Waals surface area contributed by atoms with Crippen LogP contribution in [-0.4, -0.2) is 33.4 Å². The van der Waals surface area contributed by atoms with Gasteiger partial charge in [0.15, 0.2) is 0 Å². The molecule has 9 heteroatoms. The van der Waals surface area contributed by atoms with E-state index in [0.717, 1.165) is 69.4 Å². The van der Waals surface area contributed by atoms with Gasteiger partial charge in [0.1, 0.15) is 28.5 Å². The van der Waals surface area contributed by atoms with Crippen molar-refractivity contribution in [2.45, 2.75) is 62.8 Å². The van der Waals surface area contributed by atoms with Crippen LogP contribution in [0.25, 0.3) is 16.7 Å². The van der Waals surface area contributed by atoms with E-state index in [-0.39, 0.29) is 13.2 Å². The molecule has 2 N–H and O–H groups in total. The fraction of sp³-hybridized carbons (Fsp3) is 0.367. The van der Waals surface area contributed by atoms with Crippen LogP contribution in [0.3, 0.4) is 0 Å². The molecule has 3 aromatic rings. The lowest BCUT2D eigenvalue weighted by Crippen LogP contribution is -2.15. The molecule has 1 aromatic carbocycles. The summed E-state index contributed by atoms with van der Waals surface area (Å²) in [6.07, 6.45) is 7.46. The Balaban J connectivity index is 1.66. The summed E-state index contributed by atoms with van der Waals surface area (Å²) in [5, 5.41) is 34.7. The molecule has 0 fully saturated rings. The van der Waals surface area contributed by atoms with Gasteiger partial charge in [-0.3, -0.25) is 0 Å². The first-order valence-corrected chi connectivity index (χ1v) is 15.3. The number of rotatable bonds is 11. The molecule has 2 aromatic heterocycles. The molecule has 0 bridgehead atoms. The van der Waals surface area contributed by atoms with Crippen molar-refractivity contribution < 1.29 is 14.9 Å². The highest BCUT2D eigenvalue weighted by Gasteiger charge is 2.28. The zero-order chi connectivity index (χ0) is 27.8. The smallest absolute Gasteiger partial charge is 0.119 e. The van der Waals surface area contributed by atoms with Crippen LogP contribution in [0.1, 0.15) is 73.2 Å². The van der Waals surface area contributed by atoms with E-state index in [1.165, 1.54) is 11.8 Å². The summed E-state index contributed by atoms with van der Waals surface area (Å²) in [5.41, 5.74) is 5.72. The summed E-state index contributed by atoms with van der Waals surface area (Å²) in [6, 6.07) is 9.81. The number of nitriles is 1. The van der Waals surface area contributed by atoms with Crippen LogP contribution in [0.5, 0.6) is 5.75 Å². The van der Waals surface area contributed by atoms with Crippen LogP contribution >= 0.6 is 34.7 Å². The normalized spacial score (nSPS) is 15.6. The van der Waals surface area contributed by atoms with Gasteiger partial charge in [0.05, 0.1) is 24.0 Å². The number of allylic oxidation sites excluding steroid dienone is 4. The van der Waals surface area contributed by atoms with Crippen molar-refractivity contribution in [1.82, 2.24) is 9.97 Å². The van der Waals surface area contributed by atoms with E-state index in [1.807, 2.05) is 43.3 Å². The standard InChI is InChI=1S/C30H32ClN3O3S2/c1-3-5-21(9-8-19(2)31)29-33-22(17-38-29)18-39-30-24(16-32)27(28-25(34-30)6-4-7-26(28)36)20-10-12-23(13-11-20)37-15-14-35/h8-13,17,26,35-36H,3-7,14-15,18H2,1-2H3/b19-8+,21-9+. The number of pyridine rings is 1. The SMILES string of the molecule is CCC/C(=C\C=C(/C)Cl)c1nc(CSc2nc3c(c(-c4ccc(OCCO)cc4)c2C#N)C(O)CCC3)cs1. The Labute approximate surface area is 243 Å². The number of fused-ring (bicyclic) bond motifs is 1. The fourth-order valence-corrected chi connectivity index (χ4v) is 6.52. The predicted octanol–water partition coefficient (Wildman–Crippen LogP) is 7.44. The van der Waals surface area contributed by atoms with Gasteiger partial charge < -0.3 is 14.9 Å². The Bertz CT molecular complexity index is 1390. The summed E-state index contributed by atoms with van der Waals surface area (Å²) in [4.78, 5) is 9.75. The summed E-state index contributed by atoms with van der Waals surface area (Å²) in [6.45, 7) is 4.15. The number of thiazole rings is 1. The van der Waals surface area contributed by atoms with Crippen molar-refractivity contribution >= 4 is 40.3 Å². The molecule has 1 aliphatic carbocycles. The van der Waals surface area contributed by atoms with Crippen LogP contribution in [-0.2, 0) is 12.2 Å². The molecule has 2 heterocycles. The molecule has 0 spiro atoms. The topological polar surface area (TPSA) is 99.3 Å². The molecular weight excluding hydrogens is 550 g/mol. The molecule has 6 nitrogen and oxygen atoms in total. The van der Waals surface area contributed by atoms with Crippen LogP contribution in [0.2, 0.25) is 0 Å². The van der Waals surface area contributed by atoms with E-state index in [1.54, 1.807) is 11.3 Å². The number of ether oxygens (including phenoxy) is 1. The van der Waals surface area contributed by atoms with E-state index in [9.17, 15) is 10.4 Å². The third-order valence-corrected chi connectivity index (χ3v) is 8.44. The Morgan fingerprint density at radius 2 is 2.08 bits per heavy atom. The van der Waals surface area contributed by atoms with Crippen LogP contribution in [0, 0.1) is 11.3 Å². The highest BCUT2D eigenvalue weighted by Crippen LogP contribution is 2.42. The highest BCUT2D eigenvalue weighted by atomic mass is 35.5. The van der Waals surface area contributed by atoms with Crippen molar-refractivity contribution in [3.63, 3.8) is 0 Å². The van der Waals surface area contributed by atoms with Gasteiger partial charge in [-0.05, 0) is 62.0 Å². The molecule has 1 unspecified atom stereocenters. The Morgan fingerprint density at radius 1 is 1.28 bits per heavy atom. The maximum Gasteiger partial charge on any atom is 0.119 e. The quantitative estimate of drug-likeness (QED) is 0.179. The number of aromatic nitrogens is 2. The number of benzene rings is 1. The van der Waals surface area contributed by atoms with Gasteiger partial charge in [-0.1, -0.05) is 54.9 Å². The molecule has 0 saturated carbocycles. The summed E-state index contributed by atoms with van der Waals surface area (Å²) in [7, 11) is 0. The van der Waals surface area contributed by atoms with Gasteiger partial charge in [-0.2, -0.15) is 5.26 Å². The van der Waals surface area contributed by atoms with Gasteiger partial charge in [0.25, 0.3) is 0 Å². The maximum absolute atomic E-state index is 10.9. The Kier molecular flexibility index (Phi) is 10.6. The van der Waals surface area contributed by atoms with Crippen molar-refractivity contribution in [1.29, 1.82) is 5.26 Å². The third-order valence-electron chi connectivity index (χ3n) is 6.34. The second-order valence-electron chi connectivity index (χ2n) is 9.27. The zero-order valence-electron chi connectivity index (χ0n) is 22.1. The lowest BCUT2D eigenvalue weighted by Gasteiger charge is -2.26. The number of hydrogen-bond donors (Lipinski definition) is 2. The summed E-state index contributed by atoms with van der Waals surface area (Å²) < 4.78 is 5.51. The van der Waals surface area contributed by atoms with Crippen molar-refractivity contribution in [2.75, 3.05) is 13.2 Å². The first-order valence-electron chi connectivity index (χ1n) is 13.0. The van der Waals surface area contributed by atoms with Gasteiger partial charge in [-0.15, -0.1) is 11.3 Å². The number of aliphatic hydroxyl groups excluding tert-OH is 2. The molecule has 1 atom stereocenters. The lowest BCUT2D eigenvalue weighted by molar-refractivity contribution is 0.156. The van der Waals surface area contributed by atoms with Crippen LogP contribution < -0.4 is 4.74 Å². The third kappa shape index (κ3) is 7.30.